The maximum atomic E-state index is 5.96. The Morgan fingerprint density at radius 1 is 1.20 bits per heavy atom. The van der Waals surface area contributed by atoms with Crippen molar-refractivity contribution in [2.45, 2.75) is 53.0 Å². The topological polar surface area (TPSA) is 9.23 Å². The Morgan fingerprint density at radius 2 is 2.00 bits per heavy atom. The maximum Gasteiger partial charge on any atom is 0.0588 e. The molecule has 0 aromatic carbocycles. The zero-order valence-electron chi connectivity index (χ0n) is 9.29. The normalized spacial score (nSPS) is 47.0. The van der Waals surface area contributed by atoms with Crippen LogP contribution in [0.15, 0.2) is 0 Å². The van der Waals surface area contributed by atoms with E-state index in [1.54, 1.807) is 0 Å². The average molecular weight is 434 g/mol. The molecule has 5 unspecified atom stereocenters. The Balaban J connectivity index is 1.80. The van der Waals surface area contributed by atoms with Gasteiger partial charge in [-0.2, -0.15) is 0 Å². The Morgan fingerprint density at radius 3 is 2.60 bits per heavy atom. The Labute approximate surface area is 120 Å². The highest BCUT2D eigenvalue weighted by Crippen LogP contribution is 2.38. The van der Waals surface area contributed by atoms with Crippen molar-refractivity contribution < 1.29 is 4.74 Å². The molecule has 1 saturated heterocycles. The SMILES string of the molecule is CC1COC(CC2CCCC2I)CC1I. The van der Waals surface area contributed by atoms with E-state index in [0.717, 1.165) is 26.3 Å². The second kappa shape index (κ2) is 5.85. The molecule has 2 aliphatic rings. The number of rotatable bonds is 2. The van der Waals surface area contributed by atoms with Gasteiger partial charge in [0, 0.05) is 7.85 Å². The van der Waals surface area contributed by atoms with E-state index < -0.39 is 0 Å². The monoisotopic (exact) mass is 434 g/mol. The molecular weight excluding hydrogens is 414 g/mol. The van der Waals surface area contributed by atoms with Crippen LogP contribution < -0.4 is 0 Å². The van der Waals surface area contributed by atoms with Gasteiger partial charge in [0.05, 0.1) is 12.7 Å². The van der Waals surface area contributed by atoms with Crippen LogP contribution in [-0.4, -0.2) is 20.6 Å². The number of halogens is 2. The highest BCUT2D eigenvalue weighted by molar-refractivity contribution is 14.1. The molecule has 15 heavy (non-hydrogen) atoms. The van der Waals surface area contributed by atoms with E-state index in [1.807, 2.05) is 0 Å². The van der Waals surface area contributed by atoms with Crippen LogP contribution in [-0.2, 0) is 4.74 Å². The summed E-state index contributed by atoms with van der Waals surface area (Å²) < 4.78 is 7.71. The zero-order chi connectivity index (χ0) is 10.8. The lowest BCUT2D eigenvalue weighted by molar-refractivity contribution is -0.0164. The number of hydrogen-bond acceptors (Lipinski definition) is 1. The van der Waals surface area contributed by atoms with E-state index in [4.69, 9.17) is 4.74 Å². The van der Waals surface area contributed by atoms with Crippen molar-refractivity contribution in [3.8, 4) is 0 Å². The minimum atomic E-state index is 0.559. The van der Waals surface area contributed by atoms with Gasteiger partial charge in [0.15, 0.2) is 0 Å². The highest BCUT2D eigenvalue weighted by atomic mass is 127. The van der Waals surface area contributed by atoms with Gasteiger partial charge in [-0.25, -0.2) is 0 Å². The van der Waals surface area contributed by atoms with Crippen LogP contribution in [0.3, 0.4) is 0 Å². The van der Waals surface area contributed by atoms with E-state index in [0.29, 0.717) is 6.10 Å². The second-order valence-corrected chi connectivity index (χ2v) is 8.33. The van der Waals surface area contributed by atoms with E-state index in [-0.39, 0.29) is 0 Å². The molecule has 0 amide bonds. The van der Waals surface area contributed by atoms with Gasteiger partial charge in [0.25, 0.3) is 0 Å². The molecule has 5 atom stereocenters. The molecule has 1 aliphatic heterocycles. The standard InChI is InChI=1S/C12H20I2O/c1-8-7-15-10(6-12(8)14)5-9-3-2-4-11(9)13/h8-12H,2-7H2,1H3. The van der Waals surface area contributed by atoms with E-state index in [9.17, 15) is 0 Å². The van der Waals surface area contributed by atoms with Crippen molar-refractivity contribution in [1.82, 2.24) is 0 Å². The van der Waals surface area contributed by atoms with Gasteiger partial charge in [-0.1, -0.05) is 58.5 Å². The van der Waals surface area contributed by atoms with Gasteiger partial charge in [0.2, 0.25) is 0 Å². The molecule has 0 spiro atoms. The molecular formula is C12H20I2O. The first-order chi connectivity index (χ1) is 7.16. The average Bonchev–Trinajstić information content (AvgIpc) is 2.59. The van der Waals surface area contributed by atoms with E-state index >= 15 is 0 Å². The molecule has 1 saturated carbocycles. The number of hydrogen-bond donors (Lipinski definition) is 0. The Kier molecular flexibility index (Phi) is 5.01. The van der Waals surface area contributed by atoms with Crippen LogP contribution in [0.5, 0.6) is 0 Å². The number of alkyl halides is 2. The fourth-order valence-electron chi connectivity index (χ4n) is 2.70. The van der Waals surface area contributed by atoms with E-state index in [2.05, 4.69) is 52.1 Å². The van der Waals surface area contributed by atoms with Gasteiger partial charge in [0.1, 0.15) is 0 Å². The first kappa shape index (κ1) is 12.9. The van der Waals surface area contributed by atoms with Gasteiger partial charge < -0.3 is 4.74 Å². The van der Waals surface area contributed by atoms with Crippen LogP contribution in [0.4, 0.5) is 0 Å². The van der Waals surface area contributed by atoms with E-state index in [1.165, 1.54) is 32.1 Å². The van der Waals surface area contributed by atoms with Crippen molar-refractivity contribution in [3.63, 3.8) is 0 Å². The van der Waals surface area contributed by atoms with Crippen molar-refractivity contribution >= 4 is 45.2 Å². The third kappa shape index (κ3) is 3.44. The molecule has 2 fully saturated rings. The minimum Gasteiger partial charge on any atom is -0.378 e. The Hall–Kier alpha value is 1.42. The van der Waals surface area contributed by atoms with Crippen LogP contribution in [0.1, 0.15) is 39.0 Å². The van der Waals surface area contributed by atoms with Crippen LogP contribution in [0, 0.1) is 11.8 Å². The van der Waals surface area contributed by atoms with Crippen LogP contribution >= 0.6 is 45.2 Å². The first-order valence-corrected chi connectivity index (χ1v) is 8.55. The molecule has 1 heterocycles. The van der Waals surface area contributed by atoms with Gasteiger partial charge in [-0.3, -0.25) is 0 Å². The van der Waals surface area contributed by atoms with Crippen LogP contribution in [0.25, 0.3) is 0 Å². The lowest BCUT2D eigenvalue weighted by Crippen LogP contribution is -2.34. The fourth-order valence-corrected chi connectivity index (χ4v) is 4.57. The predicted octanol–water partition coefficient (Wildman–Crippen LogP) is 4.21. The van der Waals surface area contributed by atoms with Crippen molar-refractivity contribution in [1.29, 1.82) is 0 Å². The molecule has 3 heteroatoms. The third-order valence-electron chi connectivity index (χ3n) is 3.83. The summed E-state index contributed by atoms with van der Waals surface area (Å²) in [5.74, 6) is 1.69. The molecule has 0 radical (unpaired) electrons. The van der Waals surface area contributed by atoms with Crippen molar-refractivity contribution in [2.24, 2.45) is 11.8 Å². The summed E-state index contributed by atoms with van der Waals surface area (Å²) in [7, 11) is 0. The fraction of sp³-hybridized carbons (Fsp3) is 1.00. The summed E-state index contributed by atoms with van der Waals surface area (Å²) in [6.07, 6.45) is 7.47. The van der Waals surface area contributed by atoms with Crippen LogP contribution in [0.2, 0.25) is 0 Å². The first-order valence-electron chi connectivity index (χ1n) is 6.06. The third-order valence-corrected chi connectivity index (χ3v) is 7.21. The summed E-state index contributed by atoms with van der Waals surface area (Å²) in [5, 5.41) is 0. The molecule has 0 aromatic heterocycles. The maximum absolute atomic E-state index is 5.96. The predicted molar refractivity (Wildman–Crippen MR) is 81.1 cm³/mol. The van der Waals surface area contributed by atoms with Crippen molar-refractivity contribution in [2.75, 3.05) is 6.61 Å². The summed E-state index contributed by atoms with van der Waals surface area (Å²) >= 11 is 5.25. The lowest BCUT2D eigenvalue weighted by atomic mass is 9.92. The molecule has 0 bridgehead atoms. The second-order valence-electron chi connectivity index (χ2n) is 5.13. The van der Waals surface area contributed by atoms with Crippen molar-refractivity contribution in [3.05, 3.63) is 0 Å². The summed E-state index contributed by atoms with van der Waals surface area (Å²) in [6.45, 7) is 3.29. The largest absolute Gasteiger partial charge is 0.378 e. The summed E-state index contributed by atoms with van der Waals surface area (Å²) in [5.41, 5.74) is 0. The summed E-state index contributed by atoms with van der Waals surface area (Å²) in [6, 6.07) is 0. The number of ether oxygens (including phenoxy) is 1. The van der Waals surface area contributed by atoms with Gasteiger partial charge >= 0.3 is 0 Å². The lowest BCUT2D eigenvalue weighted by Gasteiger charge is -2.33. The molecule has 2 rings (SSSR count). The minimum absolute atomic E-state index is 0.559. The summed E-state index contributed by atoms with van der Waals surface area (Å²) in [4.78, 5) is 0. The smallest absolute Gasteiger partial charge is 0.0588 e. The quantitative estimate of drug-likeness (QED) is 0.468. The molecule has 1 aliphatic carbocycles. The molecule has 1 nitrogen and oxygen atoms in total. The molecule has 0 N–H and O–H groups in total. The highest BCUT2D eigenvalue weighted by Gasteiger charge is 2.32. The van der Waals surface area contributed by atoms with Gasteiger partial charge in [-0.05, 0) is 37.5 Å². The van der Waals surface area contributed by atoms with Gasteiger partial charge in [-0.15, -0.1) is 0 Å². The Bertz CT molecular complexity index is 210. The molecule has 88 valence electrons. The molecule has 0 aromatic rings. The zero-order valence-corrected chi connectivity index (χ0v) is 13.6.